The fraction of sp³-hybridized carbons (Fsp3) is 0.688. The third kappa shape index (κ3) is 11.5. The van der Waals surface area contributed by atoms with Crippen molar-refractivity contribution in [1.29, 1.82) is 0 Å². The van der Waals surface area contributed by atoms with Gasteiger partial charge in [-0.1, -0.05) is 12.1 Å². The Bertz CT molecular complexity index is 1190. The van der Waals surface area contributed by atoms with Crippen molar-refractivity contribution in [2.45, 2.75) is 129 Å². The molecule has 1 aliphatic heterocycles. The highest BCUT2D eigenvalue weighted by Gasteiger charge is 2.50. The van der Waals surface area contributed by atoms with Gasteiger partial charge in [-0.15, -0.1) is 0 Å². The molecule has 0 bridgehead atoms. The van der Waals surface area contributed by atoms with Crippen LogP contribution in [0.1, 0.15) is 80.7 Å². The molecular formula is C32H49N3O10. The molecule has 0 aromatic heterocycles. The van der Waals surface area contributed by atoms with Crippen LogP contribution in [0.15, 0.2) is 24.3 Å². The molecule has 1 heterocycles. The molecule has 0 radical (unpaired) electrons. The molecular weight excluding hydrogens is 586 g/mol. The summed E-state index contributed by atoms with van der Waals surface area (Å²) in [6.07, 6.45) is -3.72. The predicted molar refractivity (Wildman–Crippen MR) is 164 cm³/mol. The van der Waals surface area contributed by atoms with Crippen LogP contribution in [0.4, 0.5) is 19.2 Å². The zero-order chi connectivity index (χ0) is 33.7. The first-order valence-corrected chi connectivity index (χ1v) is 15.2. The van der Waals surface area contributed by atoms with Crippen molar-refractivity contribution in [3.8, 4) is 5.75 Å². The first-order chi connectivity index (χ1) is 20.7. The number of rotatable bonds is 7. The lowest BCUT2D eigenvalue weighted by Crippen LogP contribution is -2.55. The second kappa shape index (κ2) is 14.0. The zero-order valence-corrected chi connectivity index (χ0v) is 28.1. The van der Waals surface area contributed by atoms with Crippen LogP contribution in [0.3, 0.4) is 0 Å². The van der Waals surface area contributed by atoms with E-state index in [2.05, 4.69) is 10.6 Å². The summed E-state index contributed by atoms with van der Waals surface area (Å²) in [6.45, 7) is 15.6. The second-order valence-corrected chi connectivity index (χ2v) is 14.4. The number of amides is 3. The third-order valence-electron chi connectivity index (χ3n) is 6.82. The van der Waals surface area contributed by atoms with Crippen molar-refractivity contribution in [3.05, 3.63) is 29.8 Å². The van der Waals surface area contributed by atoms with Gasteiger partial charge in [0.25, 0.3) is 0 Å². The molecule has 3 atom stereocenters. The smallest absolute Gasteiger partial charge is 0.497 e. The zero-order valence-electron chi connectivity index (χ0n) is 28.1. The van der Waals surface area contributed by atoms with Crippen molar-refractivity contribution < 1.29 is 47.6 Å². The maximum atomic E-state index is 13.4. The molecule has 3 amide bonds. The molecule has 45 heavy (non-hydrogen) atoms. The van der Waals surface area contributed by atoms with Gasteiger partial charge in [-0.2, -0.15) is 0 Å². The normalized spacial score (nSPS) is 23.2. The average molecular weight is 636 g/mol. The molecule has 1 aromatic carbocycles. The fourth-order valence-corrected chi connectivity index (χ4v) is 4.93. The van der Waals surface area contributed by atoms with Gasteiger partial charge < -0.3 is 39.1 Å². The maximum absolute atomic E-state index is 13.4. The molecule has 2 fully saturated rings. The average Bonchev–Trinajstić information content (AvgIpc) is 3.16. The number of nitrogens with zero attached hydrogens (tertiary/aromatic N) is 1. The van der Waals surface area contributed by atoms with Gasteiger partial charge in [-0.05, 0) is 99.3 Å². The Kier molecular flexibility index (Phi) is 11.1. The molecule has 13 nitrogen and oxygen atoms in total. The summed E-state index contributed by atoms with van der Waals surface area (Å²) in [7, 11) is 1.56. The largest absolute Gasteiger partial charge is 0.509 e. The van der Waals surface area contributed by atoms with Gasteiger partial charge in [0, 0.05) is 12.1 Å². The van der Waals surface area contributed by atoms with Crippen LogP contribution in [-0.2, 0) is 30.1 Å². The van der Waals surface area contributed by atoms with Crippen molar-refractivity contribution >= 4 is 24.4 Å². The van der Waals surface area contributed by atoms with Gasteiger partial charge in [0.05, 0.1) is 19.7 Å². The summed E-state index contributed by atoms with van der Waals surface area (Å²) in [5.41, 5.74) is -1.42. The molecule has 1 saturated carbocycles. The van der Waals surface area contributed by atoms with Crippen LogP contribution in [0.2, 0.25) is 0 Å². The monoisotopic (exact) mass is 635 g/mol. The molecule has 1 saturated heterocycles. The number of ether oxygens (including phenoxy) is 6. The van der Waals surface area contributed by atoms with E-state index in [1.54, 1.807) is 81.6 Å². The number of carbonyl (C=O) groups is 4. The highest BCUT2D eigenvalue weighted by molar-refractivity contribution is 5.72. The Morgan fingerprint density at radius 3 is 1.80 bits per heavy atom. The molecule has 13 heteroatoms. The van der Waals surface area contributed by atoms with E-state index in [1.165, 1.54) is 4.90 Å². The van der Waals surface area contributed by atoms with Gasteiger partial charge in [-0.25, -0.2) is 19.2 Å². The van der Waals surface area contributed by atoms with E-state index in [0.717, 1.165) is 5.56 Å². The van der Waals surface area contributed by atoms with E-state index in [9.17, 15) is 19.2 Å². The third-order valence-corrected chi connectivity index (χ3v) is 6.82. The van der Waals surface area contributed by atoms with Gasteiger partial charge in [0.1, 0.15) is 22.6 Å². The molecule has 1 aliphatic carbocycles. The highest BCUT2D eigenvalue weighted by Crippen LogP contribution is 2.31. The van der Waals surface area contributed by atoms with Crippen LogP contribution < -0.4 is 15.4 Å². The highest BCUT2D eigenvalue weighted by atomic mass is 16.7. The van der Waals surface area contributed by atoms with Gasteiger partial charge in [-0.3, -0.25) is 4.90 Å². The second-order valence-electron chi connectivity index (χ2n) is 14.4. The van der Waals surface area contributed by atoms with E-state index >= 15 is 0 Å². The topological polar surface area (TPSA) is 151 Å². The lowest BCUT2D eigenvalue weighted by molar-refractivity contribution is -0.0524. The van der Waals surface area contributed by atoms with Crippen molar-refractivity contribution in [2.75, 3.05) is 13.7 Å². The standard InChI is InChI=1S/C32H49N3O10/c1-30(2,3)43-27(37)34-21-16-20(17-21)33-26(36)42-25-23(15-19-11-13-22(40-10)14-12-19)35(28(38)44-31(4,5)6)18-24(25)41-29(39)45-32(7,8)9/h11-14,20-21,23-25H,15-18H2,1-10H3,(H,33,36)(H,34,37)/t20?,21?,23-,24+,25+/m1/s1. The number of methoxy groups -OCH3 is 1. The van der Waals surface area contributed by atoms with Crippen molar-refractivity contribution in [3.63, 3.8) is 0 Å². The number of benzene rings is 1. The number of carbonyl (C=O) groups excluding carboxylic acids is 4. The first kappa shape index (κ1) is 35.6. The summed E-state index contributed by atoms with van der Waals surface area (Å²) in [5, 5.41) is 5.60. The summed E-state index contributed by atoms with van der Waals surface area (Å²) in [4.78, 5) is 52.8. The Hall–Kier alpha value is -3.90. The van der Waals surface area contributed by atoms with Gasteiger partial charge in [0.15, 0.2) is 12.2 Å². The fourth-order valence-electron chi connectivity index (χ4n) is 4.93. The Labute approximate surface area is 265 Å². The maximum Gasteiger partial charge on any atom is 0.509 e. The SMILES string of the molecule is COc1ccc(C[C@@H]2[C@H](OC(=O)NC3CC(NC(=O)OC(C)(C)C)C3)[C@@H](OC(=O)OC(C)(C)C)CN2C(=O)OC(C)(C)C)cc1. The predicted octanol–water partition coefficient (Wildman–Crippen LogP) is 5.33. The van der Waals surface area contributed by atoms with Crippen molar-refractivity contribution in [1.82, 2.24) is 15.5 Å². The van der Waals surface area contributed by atoms with E-state index in [4.69, 9.17) is 28.4 Å². The molecule has 1 aromatic rings. The quantitative estimate of drug-likeness (QED) is 0.297. The Morgan fingerprint density at radius 2 is 1.29 bits per heavy atom. The molecule has 2 N–H and O–H groups in total. The van der Waals surface area contributed by atoms with Crippen LogP contribution in [0.5, 0.6) is 5.75 Å². The number of hydrogen-bond acceptors (Lipinski definition) is 10. The summed E-state index contributed by atoms with van der Waals surface area (Å²) in [6, 6.07) is 6.11. The van der Waals surface area contributed by atoms with Crippen LogP contribution in [0.25, 0.3) is 0 Å². The molecule has 0 spiro atoms. The minimum Gasteiger partial charge on any atom is -0.497 e. The summed E-state index contributed by atoms with van der Waals surface area (Å²) < 4.78 is 33.2. The molecule has 2 aliphatic rings. The number of nitrogens with one attached hydrogen (secondary N) is 2. The van der Waals surface area contributed by atoms with Crippen molar-refractivity contribution in [2.24, 2.45) is 0 Å². The number of alkyl carbamates (subject to hydrolysis) is 2. The summed E-state index contributed by atoms with van der Waals surface area (Å²) in [5.74, 6) is 0.660. The molecule has 252 valence electrons. The van der Waals surface area contributed by atoms with Crippen LogP contribution in [0, 0.1) is 0 Å². The van der Waals surface area contributed by atoms with E-state index < -0.39 is 59.5 Å². The van der Waals surface area contributed by atoms with E-state index in [1.807, 2.05) is 12.1 Å². The Morgan fingerprint density at radius 1 is 0.756 bits per heavy atom. The minimum atomic E-state index is -1.05. The van der Waals surface area contributed by atoms with Crippen LogP contribution >= 0.6 is 0 Å². The van der Waals surface area contributed by atoms with Crippen LogP contribution in [-0.4, -0.2) is 90.1 Å². The molecule has 3 rings (SSSR count). The first-order valence-electron chi connectivity index (χ1n) is 15.2. The number of likely N-dealkylation sites (tertiary alicyclic amines) is 1. The Balaban J connectivity index is 1.78. The lowest BCUT2D eigenvalue weighted by Gasteiger charge is -2.36. The molecule has 0 unspecified atom stereocenters. The van der Waals surface area contributed by atoms with Gasteiger partial charge >= 0.3 is 24.4 Å². The summed E-state index contributed by atoms with van der Waals surface area (Å²) >= 11 is 0. The van der Waals surface area contributed by atoms with Gasteiger partial charge in [0.2, 0.25) is 0 Å². The van der Waals surface area contributed by atoms with E-state index in [0.29, 0.717) is 18.6 Å². The lowest BCUT2D eigenvalue weighted by atomic mass is 9.87. The minimum absolute atomic E-state index is 0.0851. The van der Waals surface area contributed by atoms with E-state index in [-0.39, 0.29) is 25.0 Å². The number of hydrogen-bond donors (Lipinski definition) is 2.